The first-order chi connectivity index (χ1) is 9.96. The molecule has 21 heavy (non-hydrogen) atoms. The van der Waals surface area contributed by atoms with E-state index in [4.69, 9.17) is 4.74 Å². The Bertz CT molecular complexity index is 515. The van der Waals surface area contributed by atoms with Crippen LogP contribution in [0.4, 0.5) is 0 Å². The van der Waals surface area contributed by atoms with Crippen molar-refractivity contribution in [3.8, 4) is 11.8 Å². The molecule has 3 heteroatoms. The summed E-state index contributed by atoms with van der Waals surface area (Å²) in [7, 11) is 1.64. The number of nitrogens with zero attached hydrogens (tertiary/aromatic N) is 1. The summed E-state index contributed by atoms with van der Waals surface area (Å²) in [6.07, 6.45) is 4.24. The molecule has 1 saturated carbocycles. The Hall–Kier alpha value is -1.53. The predicted octanol–water partition coefficient (Wildman–Crippen LogP) is 3.71. The molecule has 1 aliphatic carbocycles. The molecule has 2 rings (SSSR count). The molecule has 0 amide bonds. The summed E-state index contributed by atoms with van der Waals surface area (Å²) in [5, 5.41) is 20.7. The number of methoxy groups -OCH3 is 1. The Morgan fingerprint density at radius 1 is 1.43 bits per heavy atom. The van der Waals surface area contributed by atoms with Crippen LogP contribution in [0.15, 0.2) is 24.3 Å². The lowest BCUT2D eigenvalue weighted by molar-refractivity contribution is -0.0379. The number of aliphatic hydroxyl groups is 1. The summed E-state index contributed by atoms with van der Waals surface area (Å²) in [6, 6.07) is 10.2. The van der Waals surface area contributed by atoms with Crippen LogP contribution >= 0.6 is 0 Å². The van der Waals surface area contributed by atoms with Crippen molar-refractivity contribution in [1.29, 1.82) is 5.26 Å². The maximum absolute atomic E-state index is 11.0. The molecule has 1 fully saturated rings. The van der Waals surface area contributed by atoms with E-state index in [0.717, 1.165) is 37.0 Å². The molecular formula is C18H25NO2. The number of ether oxygens (including phenoxy) is 1. The van der Waals surface area contributed by atoms with Gasteiger partial charge in [-0.15, -0.1) is 0 Å². The molecule has 0 heterocycles. The van der Waals surface area contributed by atoms with E-state index in [0.29, 0.717) is 12.3 Å². The summed E-state index contributed by atoms with van der Waals surface area (Å²) < 4.78 is 5.15. The lowest BCUT2D eigenvalue weighted by Crippen LogP contribution is -2.45. The van der Waals surface area contributed by atoms with Gasteiger partial charge in [-0.3, -0.25) is 0 Å². The fraction of sp³-hybridized carbons (Fsp3) is 0.611. The van der Waals surface area contributed by atoms with E-state index in [9.17, 15) is 10.4 Å². The van der Waals surface area contributed by atoms with Gasteiger partial charge >= 0.3 is 0 Å². The van der Waals surface area contributed by atoms with Crippen molar-refractivity contribution in [2.45, 2.75) is 51.6 Å². The zero-order valence-corrected chi connectivity index (χ0v) is 13.2. The highest BCUT2D eigenvalue weighted by molar-refractivity contribution is 5.29. The Balaban J connectivity index is 2.18. The second-order valence-electron chi connectivity index (χ2n) is 6.51. The van der Waals surface area contributed by atoms with Gasteiger partial charge in [0.2, 0.25) is 0 Å². The molecule has 0 bridgehead atoms. The van der Waals surface area contributed by atoms with Gasteiger partial charge in [-0.05, 0) is 49.8 Å². The minimum absolute atomic E-state index is 0.501. The van der Waals surface area contributed by atoms with E-state index >= 15 is 0 Å². The van der Waals surface area contributed by atoms with Crippen LogP contribution in [-0.2, 0) is 6.42 Å². The van der Waals surface area contributed by atoms with Crippen molar-refractivity contribution < 1.29 is 9.84 Å². The van der Waals surface area contributed by atoms with Crippen molar-refractivity contribution in [3.63, 3.8) is 0 Å². The normalized spacial score (nSPS) is 27.9. The van der Waals surface area contributed by atoms with Gasteiger partial charge in [0.25, 0.3) is 0 Å². The van der Waals surface area contributed by atoms with E-state index in [1.54, 1.807) is 7.11 Å². The first-order valence-electron chi connectivity index (χ1n) is 7.73. The molecule has 0 aromatic heterocycles. The molecule has 1 aromatic carbocycles. The standard InChI is InChI=1S/C18H25NO2/c1-4-14-9-10-18(12-14,13-19)17(2,20)11-15-5-7-16(21-3)8-6-15/h5-8,14,20H,4,9-12H2,1-3H3. The summed E-state index contributed by atoms with van der Waals surface area (Å²) in [5.41, 5.74) is -0.580. The minimum atomic E-state index is -1.000. The lowest BCUT2D eigenvalue weighted by Gasteiger charge is -2.38. The van der Waals surface area contributed by atoms with Gasteiger partial charge in [0.05, 0.1) is 24.2 Å². The molecule has 1 aromatic rings. The minimum Gasteiger partial charge on any atom is -0.497 e. The fourth-order valence-corrected chi connectivity index (χ4v) is 3.52. The van der Waals surface area contributed by atoms with Crippen molar-refractivity contribution in [2.24, 2.45) is 11.3 Å². The molecule has 3 unspecified atom stereocenters. The van der Waals surface area contributed by atoms with Crippen molar-refractivity contribution in [3.05, 3.63) is 29.8 Å². The monoisotopic (exact) mass is 287 g/mol. The molecule has 1 aliphatic rings. The zero-order chi connectivity index (χ0) is 15.5. The van der Waals surface area contributed by atoms with Gasteiger partial charge in [0.15, 0.2) is 0 Å². The van der Waals surface area contributed by atoms with E-state index in [1.165, 1.54) is 0 Å². The zero-order valence-electron chi connectivity index (χ0n) is 13.2. The van der Waals surface area contributed by atoms with Crippen LogP contribution in [0.3, 0.4) is 0 Å². The molecule has 0 spiro atoms. The fourth-order valence-electron chi connectivity index (χ4n) is 3.52. The summed E-state index contributed by atoms with van der Waals surface area (Å²) >= 11 is 0. The average Bonchev–Trinajstić information content (AvgIpc) is 2.93. The molecule has 3 atom stereocenters. The number of hydrogen-bond acceptors (Lipinski definition) is 3. The second kappa shape index (κ2) is 6.07. The third-order valence-corrected chi connectivity index (χ3v) is 5.15. The quantitative estimate of drug-likeness (QED) is 0.898. The van der Waals surface area contributed by atoms with Gasteiger partial charge in [-0.1, -0.05) is 25.5 Å². The number of benzene rings is 1. The first-order valence-corrected chi connectivity index (χ1v) is 7.73. The van der Waals surface area contributed by atoms with E-state index in [2.05, 4.69) is 13.0 Å². The Morgan fingerprint density at radius 3 is 2.57 bits per heavy atom. The van der Waals surface area contributed by atoms with E-state index in [1.807, 2.05) is 31.2 Å². The SMILES string of the molecule is CCC1CCC(C#N)(C(C)(O)Cc2ccc(OC)cc2)C1. The molecule has 114 valence electrons. The smallest absolute Gasteiger partial charge is 0.118 e. The molecule has 1 N–H and O–H groups in total. The second-order valence-corrected chi connectivity index (χ2v) is 6.51. The largest absolute Gasteiger partial charge is 0.497 e. The van der Waals surface area contributed by atoms with Crippen LogP contribution in [0.2, 0.25) is 0 Å². The lowest BCUT2D eigenvalue weighted by atomic mass is 9.69. The third kappa shape index (κ3) is 3.06. The number of hydrogen-bond donors (Lipinski definition) is 1. The predicted molar refractivity (Wildman–Crippen MR) is 83.0 cm³/mol. The molecule has 0 saturated heterocycles. The Labute approximate surface area is 127 Å². The van der Waals surface area contributed by atoms with Gasteiger partial charge in [0, 0.05) is 6.42 Å². The highest BCUT2D eigenvalue weighted by Crippen LogP contribution is 2.50. The topological polar surface area (TPSA) is 53.2 Å². The first kappa shape index (κ1) is 15.9. The number of rotatable bonds is 5. The van der Waals surface area contributed by atoms with Crippen LogP contribution in [-0.4, -0.2) is 17.8 Å². The summed E-state index contributed by atoms with van der Waals surface area (Å²) in [6.45, 7) is 3.98. The van der Waals surface area contributed by atoms with Crippen molar-refractivity contribution in [1.82, 2.24) is 0 Å². The average molecular weight is 287 g/mol. The highest BCUT2D eigenvalue weighted by atomic mass is 16.5. The van der Waals surface area contributed by atoms with Gasteiger partial charge in [0.1, 0.15) is 5.75 Å². The maximum atomic E-state index is 11.0. The van der Waals surface area contributed by atoms with Crippen LogP contribution in [0.5, 0.6) is 5.75 Å². The summed E-state index contributed by atoms with van der Waals surface area (Å²) in [4.78, 5) is 0. The maximum Gasteiger partial charge on any atom is 0.118 e. The van der Waals surface area contributed by atoms with Crippen LogP contribution in [0.1, 0.15) is 45.1 Å². The van der Waals surface area contributed by atoms with Gasteiger partial charge in [-0.2, -0.15) is 5.26 Å². The van der Waals surface area contributed by atoms with Crippen LogP contribution in [0.25, 0.3) is 0 Å². The molecule has 0 aliphatic heterocycles. The van der Waals surface area contributed by atoms with E-state index in [-0.39, 0.29) is 0 Å². The van der Waals surface area contributed by atoms with Crippen molar-refractivity contribution >= 4 is 0 Å². The van der Waals surface area contributed by atoms with Crippen LogP contribution in [0, 0.1) is 22.7 Å². The molecule has 0 radical (unpaired) electrons. The van der Waals surface area contributed by atoms with E-state index < -0.39 is 11.0 Å². The van der Waals surface area contributed by atoms with Gasteiger partial charge in [-0.25, -0.2) is 0 Å². The third-order valence-electron chi connectivity index (χ3n) is 5.15. The Morgan fingerprint density at radius 2 is 2.10 bits per heavy atom. The summed E-state index contributed by atoms with van der Waals surface area (Å²) in [5.74, 6) is 1.37. The van der Waals surface area contributed by atoms with Crippen LogP contribution < -0.4 is 4.74 Å². The highest BCUT2D eigenvalue weighted by Gasteiger charge is 2.51. The Kier molecular flexibility index (Phi) is 4.58. The molecule has 3 nitrogen and oxygen atoms in total. The molecular weight excluding hydrogens is 262 g/mol. The van der Waals surface area contributed by atoms with Gasteiger partial charge < -0.3 is 9.84 Å². The number of nitriles is 1. The van der Waals surface area contributed by atoms with Crippen molar-refractivity contribution in [2.75, 3.05) is 7.11 Å².